The van der Waals surface area contributed by atoms with Crippen molar-refractivity contribution in [3.8, 4) is 11.5 Å². The molecule has 0 saturated heterocycles. The van der Waals surface area contributed by atoms with E-state index in [2.05, 4.69) is 12.2 Å². The first-order valence-corrected chi connectivity index (χ1v) is 7.22. The number of benzene rings is 1. The number of carbonyl (C=O) groups excluding carboxylic acids is 1. The number of carbonyl (C=O) groups is 1. The maximum Gasteiger partial charge on any atom is 0.258 e. The van der Waals surface area contributed by atoms with Gasteiger partial charge in [-0.25, -0.2) is 0 Å². The van der Waals surface area contributed by atoms with Gasteiger partial charge in [0.25, 0.3) is 5.91 Å². The number of methoxy groups -OCH3 is 1. The van der Waals surface area contributed by atoms with E-state index in [4.69, 9.17) is 9.47 Å². The number of unbranched alkanes of at least 4 members (excludes halogenated alkanes) is 2. The second kappa shape index (κ2) is 9.23. The maximum absolute atomic E-state index is 11.7. The predicted molar refractivity (Wildman–Crippen MR) is 80.2 cm³/mol. The molecule has 4 nitrogen and oxygen atoms in total. The van der Waals surface area contributed by atoms with Gasteiger partial charge in [-0.15, -0.1) is 0 Å². The summed E-state index contributed by atoms with van der Waals surface area (Å²) < 4.78 is 10.5. The van der Waals surface area contributed by atoms with Crippen LogP contribution in [-0.2, 0) is 4.79 Å². The van der Waals surface area contributed by atoms with Crippen molar-refractivity contribution in [3.05, 3.63) is 24.3 Å². The first kappa shape index (κ1) is 16.3. The van der Waals surface area contributed by atoms with Crippen LogP contribution in [-0.4, -0.2) is 25.7 Å². The lowest BCUT2D eigenvalue weighted by Gasteiger charge is -2.14. The third kappa shape index (κ3) is 6.45. The van der Waals surface area contributed by atoms with Gasteiger partial charge in [0.15, 0.2) is 6.61 Å². The predicted octanol–water partition coefficient (Wildman–Crippen LogP) is 3.16. The Hall–Kier alpha value is -1.71. The number of rotatable bonds is 9. The van der Waals surface area contributed by atoms with Crippen LogP contribution in [0.3, 0.4) is 0 Å². The quantitative estimate of drug-likeness (QED) is 0.706. The summed E-state index contributed by atoms with van der Waals surface area (Å²) in [5.41, 5.74) is 0. The van der Waals surface area contributed by atoms with Crippen LogP contribution in [0.2, 0.25) is 0 Å². The average molecular weight is 279 g/mol. The summed E-state index contributed by atoms with van der Waals surface area (Å²) in [4.78, 5) is 11.7. The highest BCUT2D eigenvalue weighted by atomic mass is 16.5. The molecular weight excluding hydrogens is 254 g/mol. The van der Waals surface area contributed by atoms with Crippen molar-refractivity contribution in [1.29, 1.82) is 0 Å². The van der Waals surface area contributed by atoms with Gasteiger partial charge >= 0.3 is 0 Å². The Balaban J connectivity index is 2.24. The largest absolute Gasteiger partial charge is 0.497 e. The van der Waals surface area contributed by atoms with Gasteiger partial charge in [-0.05, 0) is 37.6 Å². The summed E-state index contributed by atoms with van der Waals surface area (Å²) >= 11 is 0. The highest BCUT2D eigenvalue weighted by Crippen LogP contribution is 2.16. The van der Waals surface area contributed by atoms with E-state index in [1.807, 2.05) is 6.92 Å². The van der Waals surface area contributed by atoms with Crippen LogP contribution in [0.5, 0.6) is 11.5 Å². The molecule has 1 aromatic rings. The van der Waals surface area contributed by atoms with Crippen LogP contribution in [0.25, 0.3) is 0 Å². The minimum Gasteiger partial charge on any atom is -0.497 e. The average Bonchev–Trinajstić information content (AvgIpc) is 2.46. The molecule has 20 heavy (non-hydrogen) atoms. The highest BCUT2D eigenvalue weighted by Gasteiger charge is 2.07. The SMILES string of the molecule is CCCCCC(C)NC(=O)COc1ccc(OC)cc1. The molecule has 0 heterocycles. The lowest BCUT2D eigenvalue weighted by molar-refractivity contribution is -0.123. The Morgan fingerprint density at radius 1 is 1.20 bits per heavy atom. The van der Waals surface area contributed by atoms with Gasteiger partial charge in [0.1, 0.15) is 11.5 Å². The van der Waals surface area contributed by atoms with Crippen LogP contribution in [0.1, 0.15) is 39.5 Å². The van der Waals surface area contributed by atoms with Crippen LogP contribution >= 0.6 is 0 Å². The lowest BCUT2D eigenvalue weighted by atomic mass is 10.1. The van der Waals surface area contributed by atoms with Crippen molar-refractivity contribution in [2.75, 3.05) is 13.7 Å². The van der Waals surface area contributed by atoms with Gasteiger partial charge in [0.2, 0.25) is 0 Å². The second-order valence-electron chi connectivity index (χ2n) is 4.93. The van der Waals surface area contributed by atoms with Crippen molar-refractivity contribution < 1.29 is 14.3 Å². The fraction of sp³-hybridized carbons (Fsp3) is 0.562. The van der Waals surface area contributed by atoms with E-state index < -0.39 is 0 Å². The molecule has 1 unspecified atom stereocenters. The topological polar surface area (TPSA) is 47.6 Å². The molecule has 1 rings (SSSR count). The van der Waals surface area contributed by atoms with Crippen molar-refractivity contribution in [2.24, 2.45) is 0 Å². The first-order chi connectivity index (χ1) is 9.65. The zero-order valence-electron chi connectivity index (χ0n) is 12.6. The molecule has 0 aliphatic rings. The minimum absolute atomic E-state index is 0.0461. The molecule has 0 fully saturated rings. The fourth-order valence-electron chi connectivity index (χ4n) is 1.91. The van der Waals surface area contributed by atoms with Crippen LogP contribution in [0.15, 0.2) is 24.3 Å². The summed E-state index contributed by atoms with van der Waals surface area (Å²) in [5, 5.41) is 2.94. The minimum atomic E-state index is -0.0789. The molecular formula is C16H25NO3. The molecule has 0 saturated carbocycles. The molecule has 0 bridgehead atoms. The number of amides is 1. The van der Waals surface area contributed by atoms with Gasteiger partial charge in [-0.3, -0.25) is 4.79 Å². The van der Waals surface area contributed by atoms with E-state index in [9.17, 15) is 4.79 Å². The molecule has 1 aromatic carbocycles. The highest BCUT2D eigenvalue weighted by molar-refractivity contribution is 5.77. The van der Waals surface area contributed by atoms with E-state index >= 15 is 0 Å². The van der Waals surface area contributed by atoms with Crippen molar-refractivity contribution in [1.82, 2.24) is 5.32 Å². The maximum atomic E-state index is 11.7. The second-order valence-corrected chi connectivity index (χ2v) is 4.93. The van der Waals surface area contributed by atoms with Gasteiger partial charge in [-0.1, -0.05) is 26.2 Å². The summed E-state index contributed by atoms with van der Waals surface area (Å²) in [7, 11) is 1.61. The third-order valence-corrected chi connectivity index (χ3v) is 3.08. The Morgan fingerprint density at radius 3 is 2.45 bits per heavy atom. The zero-order valence-corrected chi connectivity index (χ0v) is 12.6. The summed E-state index contributed by atoms with van der Waals surface area (Å²) in [6.45, 7) is 4.25. The van der Waals surface area contributed by atoms with Crippen LogP contribution in [0, 0.1) is 0 Å². The molecule has 0 aliphatic heterocycles. The standard InChI is InChI=1S/C16H25NO3/c1-4-5-6-7-13(2)17-16(18)12-20-15-10-8-14(19-3)9-11-15/h8-11,13H,4-7,12H2,1-3H3,(H,17,18). The molecule has 1 N–H and O–H groups in total. The van der Waals surface area contributed by atoms with E-state index in [-0.39, 0.29) is 18.6 Å². The summed E-state index contributed by atoms with van der Waals surface area (Å²) in [6.07, 6.45) is 4.57. The molecule has 0 aliphatic carbocycles. The van der Waals surface area contributed by atoms with Gasteiger partial charge in [-0.2, -0.15) is 0 Å². The van der Waals surface area contributed by atoms with Gasteiger partial charge in [0.05, 0.1) is 7.11 Å². The number of hydrogen-bond acceptors (Lipinski definition) is 3. The van der Waals surface area contributed by atoms with Gasteiger partial charge in [0, 0.05) is 6.04 Å². The Bertz CT molecular complexity index is 389. The van der Waals surface area contributed by atoms with Crippen molar-refractivity contribution >= 4 is 5.91 Å². The Morgan fingerprint density at radius 2 is 1.85 bits per heavy atom. The molecule has 4 heteroatoms. The van der Waals surface area contributed by atoms with E-state index in [1.54, 1.807) is 31.4 Å². The van der Waals surface area contributed by atoms with Crippen LogP contribution in [0.4, 0.5) is 0 Å². The normalized spacial score (nSPS) is 11.8. The van der Waals surface area contributed by atoms with Crippen LogP contribution < -0.4 is 14.8 Å². The Labute approximate surface area is 121 Å². The zero-order chi connectivity index (χ0) is 14.8. The molecule has 0 radical (unpaired) electrons. The number of hydrogen-bond donors (Lipinski definition) is 1. The van der Waals surface area contributed by atoms with E-state index in [0.29, 0.717) is 5.75 Å². The first-order valence-electron chi connectivity index (χ1n) is 7.22. The van der Waals surface area contributed by atoms with E-state index in [1.165, 1.54) is 12.8 Å². The Kier molecular flexibility index (Phi) is 7.55. The van der Waals surface area contributed by atoms with E-state index in [0.717, 1.165) is 18.6 Å². The van der Waals surface area contributed by atoms with Crippen molar-refractivity contribution in [2.45, 2.75) is 45.6 Å². The molecule has 0 aromatic heterocycles. The molecule has 1 amide bonds. The smallest absolute Gasteiger partial charge is 0.258 e. The summed E-state index contributed by atoms with van der Waals surface area (Å²) in [5.74, 6) is 1.36. The third-order valence-electron chi connectivity index (χ3n) is 3.08. The van der Waals surface area contributed by atoms with Gasteiger partial charge < -0.3 is 14.8 Å². The summed E-state index contributed by atoms with van der Waals surface area (Å²) in [6, 6.07) is 7.39. The number of ether oxygens (including phenoxy) is 2. The molecule has 112 valence electrons. The van der Waals surface area contributed by atoms with Crippen molar-refractivity contribution in [3.63, 3.8) is 0 Å². The molecule has 0 spiro atoms. The fourth-order valence-corrected chi connectivity index (χ4v) is 1.91. The number of nitrogens with one attached hydrogen (secondary N) is 1. The lowest BCUT2D eigenvalue weighted by Crippen LogP contribution is -2.36. The molecule has 1 atom stereocenters. The monoisotopic (exact) mass is 279 g/mol.